The molecule has 0 saturated carbocycles. The first-order valence-electron chi connectivity index (χ1n) is 10.9. The van der Waals surface area contributed by atoms with Crippen molar-refractivity contribution in [2.24, 2.45) is 10.2 Å². The average molecular weight is 641 g/mol. The predicted octanol–water partition coefficient (Wildman–Crippen LogP) is -0.557. The standard InChI is InChI=1S/C22H16N4O13S3/c27-17-5-2-11(41(34,35)36)8-15(17)23-25-19-13-4-1-10(40(31,32)33)7-14(13)20(22(30)21(19)29)26-24-16-9-12(42(37,38)39)3-6-18(16)28/h1-9,23-24,27-28H,(H,31,32,33)(H,34,35,36)(H,37,38,39). The van der Waals surface area contributed by atoms with Gasteiger partial charge in [0.2, 0.25) is 0 Å². The monoisotopic (exact) mass is 640 g/mol. The Morgan fingerprint density at radius 1 is 0.524 bits per heavy atom. The van der Waals surface area contributed by atoms with Gasteiger partial charge in [-0.1, -0.05) is 6.07 Å². The maximum Gasteiger partial charge on any atom is 0.294 e. The summed E-state index contributed by atoms with van der Waals surface area (Å²) < 4.78 is 97.2. The van der Waals surface area contributed by atoms with Crippen LogP contribution in [-0.2, 0) is 30.4 Å². The van der Waals surface area contributed by atoms with Crippen LogP contribution >= 0.6 is 0 Å². The van der Waals surface area contributed by atoms with Crippen molar-refractivity contribution in [1.29, 1.82) is 0 Å². The molecule has 0 fully saturated rings. The van der Waals surface area contributed by atoms with Gasteiger partial charge in [-0.25, -0.2) is 0 Å². The Bertz CT molecular complexity index is 2350. The molecule has 7 N–H and O–H groups in total. The molecule has 20 heteroatoms. The maximum atomic E-state index is 13.1. The second-order valence-corrected chi connectivity index (χ2v) is 12.6. The van der Waals surface area contributed by atoms with Crippen molar-refractivity contribution in [3.63, 3.8) is 0 Å². The second kappa shape index (κ2) is 10.6. The lowest BCUT2D eigenvalue weighted by molar-refractivity contribution is 0.472. The van der Waals surface area contributed by atoms with E-state index in [2.05, 4.69) is 21.1 Å². The van der Waals surface area contributed by atoms with Gasteiger partial charge in [0.25, 0.3) is 41.2 Å². The van der Waals surface area contributed by atoms with Gasteiger partial charge in [-0.2, -0.15) is 35.5 Å². The zero-order chi connectivity index (χ0) is 31.2. The van der Waals surface area contributed by atoms with Crippen LogP contribution in [0.1, 0.15) is 0 Å². The fourth-order valence-corrected chi connectivity index (χ4v) is 5.05. The Kier molecular flexibility index (Phi) is 7.62. The number of nitrogens with one attached hydrogen (secondary N) is 2. The molecule has 17 nitrogen and oxygen atoms in total. The Balaban J connectivity index is 1.99. The van der Waals surface area contributed by atoms with Crippen molar-refractivity contribution in [1.82, 2.24) is 0 Å². The summed E-state index contributed by atoms with van der Waals surface area (Å²) in [7, 11) is -14.3. The number of aromatic hydroxyl groups is 2. The zero-order valence-electron chi connectivity index (χ0n) is 20.3. The van der Waals surface area contributed by atoms with Gasteiger partial charge in [-0.05, 0) is 48.5 Å². The highest BCUT2D eigenvalue weighted by molar-refractivity contribution is 7.86. The molecule has 0 heterocycles. The summed E-state index contributed by atoms with van der Waals surface area (Å²) in [6.07, 6.45) is 0. The first-order valence-corrected chi connectivity index (χ1v) is 15.2. The van der Waals surface area contributed by atoms with Crippen LogP contribution in [0.3, 0.4) is 0 Å². The molecule has 0 aliphatic rings. The minimum absolute atomic E-state index is 0.249. The van der Waals surface area contributed by atoms with Gasteiger partial charge in [-0.3, -0.25) is 34.1 Å². The third-order valence-electron chi connectivity index (χ3n) is 5.54. The van der Waals surface area contributed by atoms with Gasteiger partial charge < -0.3 is 10.2 Å². The van der Waals surface area contributed by atoms with Crippen LogP contribution in [0.15, 0.2) is 89.1 Å². The van der Waals surface area contributed by atoms with Crippen molar-refractivity contribution in [3.05, 3.63) is 85.8 Å². The molecule has 0 spiro atoms. The topological polar surface area (TPSA) is 286 Å². The number of hydrogen-bond donors (Lipinski definition) is 7. The van der Waals surface area contributed by atoms with Gasteiger partial charge in [0, 0.05) is 10.8 Å². The molecule has 4 aromatic rings. The summed E-state index contributed by atoms with van der Waals surface area (Å²) in [6.45, 7) is 0. The SMILES string of the molecule is O=c1c(=O)c(=NNc2cc(S(=O)(=O)O)ccc2O)c2cc(S(=O)(=O)O)ccc2c1=NNc1cc(S(=O)(=O)O)ccc1O. The molecule has 220 valence electrons. The molecule has 0 unspecified atom stereocenters. The van der Waals surface area contributed by atoms with E-state index in [1.165, 1.54) is 0 Å². The molecular weight excluding hydrogens is 624 g/mol. The molecule has 42 heavy (non-hydrogen) atoms. The Morgan fingerprint density at radius 3 is 1.29 bits per heavy atom. The Morgan fingerprint density at radius 2 is 0.881 bits per heavy atom. The summed E-state index contributed by atoms with van der Waals surface area (Å²) in [4.78, 5) is 24.0. The normalized spacial score (nSPS) is 13.4. The van der Waals surface area contributed by atoms with Crippen LogP contribution in [0.2, 0.25) is 0 Å². The van der Waals surface area contributed by atoms with Crippen LogP contribution in [-0.4, -0.2) is 49.1 Å². The van der Waals surface area contributed by atoms with Gasteiger partial charge in [-0.15, -0.1) is 0 Å². The number of rotatable bonds is 7. The van der Waals surface area contributed by atoms with E-state index in [0.29, 0.717) is 0 Å². The van der Waals surface area contributed by atoms with Crippen molar-refractivity contribution in [3.8, 4) is 11.5 Å². The van der Waals surface area contributed by atoms with Crippen molar-refractivity contribution < 1.29 is 49.1 Å². The molecule has 0 radical (unpaired) electrons. The van der Waals surface area contributed by atoms with E-state index in [1.807, 2.05) is 0 Å². The molecule has 0 saturated heterocycles. The van der Waals surface area contributed by atoms with Crippen molar-refractivity contribution in [2.45, 2.75) is 14.7 Å². The van der Waals surface area contributed by atoms with Crippen molar-refractivity contribution in [2.75, 3.05) is 10.9 Å². The van der Waals surface area contributed by atoms with E-state index < -0.39 is 94.9 Å². The lowest BCUT2D eigenvalue weighted by Crippen LogP contribution is -2.48. The van der Waals surface area contributed by atoms with Crippen LogP contribution in [0.5, 0.6) is 11.5 Å². The third-order valence-corrected chi connectivity index (χ3v) is 8.09. The zero-order valence-corrected chi connectivity index (χ0v) is 22.8. The first kappa shape index (κ1) is 30.2. The number of benzene rings is 4. The fourth-order valence-electron chi connectivity index (χ4n) is 3.53. The van der Waals surface area contributed by atoms with Gasteiger partial charge >= 0.3 is 0 Å². The predicted molar refractivity (Wildman–Crippen MR) is 143 cm³/mol. The quantitative estimate of drug-likeness (QED) is 0.0577. The van der Waals surface area contributed by atoms with Crippen LogP contribution in [0.25, 0.3) is 10.8 Å². The van der Waals surface area contributed by atoms with Crippen molar-refractivity contribution >= 4 is 52.5 Å². The summed E-state index contributed by atoms with van der Waals surface area (Å²) in [5, 5.41) is 25.4. The number of hydrogen-bond acceptors (Lipinski definition) is 14. The largest absolute Gasteiger partial charge is 0.506 e. The van der Waals surface area contributed by atoms with E-state index in [9.17, 15) is 58.7 Å². The third kappa shape index (κ3) is 6.12. The molecule has 0 amide bonds. The van der Waals surface area contributed by atoms with E-state index in [0.717, 1.165) is 54.6 Å². The van der Waals surface area contributed by atoms with E-state index in [1.54, 1.807) is 0 Å². The highest BCUT2D eigenvalue weighted by Gasteiger charge is 2.18. The molecular formula is C22H16N4O13S3. The molecule has 0 atom stereocenters. The van der Waals surface area contributed by atoms with E-state index in [-0.39, 0.29) is 5.39 Å². The minimum atomic E-state index is -4.86. The highest BCUT2D eigenvalue weighted by Crippen LogP contribution is 2.27. The smallest absolute Gasteiger partial charge is 0.294 e. The molecule has 0 aliphatic carbocycles. The number of fused-ring (bicyclic) bond motifs is 1. The van der Waals surface area contributed by atoms with Crippen LogP contribution in [0, 0.1) is 0 Å². The number of nitrogens with zero attached hydrogens (tertiary/aromatic N) is 2. The van der Waals surface area contributed by atoms with Gasteiger partial charge in [0.15, 0.2) is 0 Å². The molecule has 0 aromatic heterocycles. The van der Waals surface area contributed by atoms with Crippen LogP contribution in [0.4, 0.5) is 11.4 Å². The van der Waals surface area contributed by atoms with Crippen LogP contribution < -0.4 is 32.4 Å². The van der Waals surface area contributed by atoms with Gasteiger partial charge in [0.05, 0.1) is 26.1 Å². The van der Waals surface area contributed by atoms with E-state index >= 15 is 0 Å². The highest BCUT2D eigenvalue weighted by atomic mass is 32.2. The molecule has 0 aliphatic heterocycles. The molecule has 4 rings (SSSR count). The number of phenolic OH excluding ortho intramolecular Hbond substituents is 2. The molecule has 4 aromatic carbocycles. The summed E-state index contributed by atoms with van der Waals surface area (Å²) in [6, 6.07) is 7.56. The van der Waals surface area contributed by atoms with Gasteiger partial charge in [0.1, 0.15) is 22.2 Å². The summed E-state index contributed by atoms with van der Waals surface area (Å²) >= 11 is 0. The lowest BCUT2D eigenvalue weighted by Gasteiger charge is -2.07. The summed E-state index contributed by atoms with van der Waals surface area (Å²) in [5.41, 5.74) is 0.692. The Labute approximate surface area is 234 Å². The maximum absolute atomic E-state index is 13.1. The van der Waals surface area contributed by atoms with E-state index in [4.69, 9.17) is 0 Å². The first-order chi connectivity index (χ1) is 19.4. The lowest BCUT2D eigenvalue weighted by atomic mass is 10.1. The Hall–Kier alpha value is -4.73. The number of phenols is 2. The summed E-state index contributed by atoms with van der Waals surface area (Å²) in [5.74, 6) is -1.19. The minimum Gasteiger partial charge on any atom is -0.506 e. The number of anilines is 2. The second-order valence-electron chi connectivity index (χ2n) is 8.29. The fraction of sp³-hybridized carbons (Fsp3) is 0. The average Bonchev–Trinajstić information content (AvgIpc) is 2.88. The molecule has 0 bridgehead atoms.